The van der Waals surface area contributed by atoms with Crippen molar-refractivity contribution in [3.8, 4) is 5.75 Å². The number of nitrogens with one attached hydrogen (secondary N) is 2. The van der Waals surface area contributed by atoms with Gasteiger partial charge in [0.25, 0.3) is 11.8 Å². The first kappa shape index (κ1) is 16.5. The minimum atomic E-state index is -0.290. The predicted molar refractivity (Wildman–Crippen MR) is 88.7 cm³/mol. The van der Waals surface area contributed by atoms with Crippen molar-refractivity contribution in [3.63, 3.8) is 0 Å². The quantitative estimate of drug-likeness (QED) is 0.740. The lowest BCUT2D eigenvalue weighted by Crippen LogP contribution is -2.34. The zero-order chi connectivity index (χ0) is 16.8. The van der Waals surface area contributed by atoms with E-state index in [1.165, 1.54) is 12.1 Å². The van der Waals surface area contributed by atoms with Crippen molar-refractivity contribution in [2.24, 2.45) is 0 Å². The summed E-state index contributed by atoms with van der Waals surface area (Å²) in [5.41, 5.74) is 3.19. The third kappa shape index (κ3) is 4.57. The number of phenolic OH excluding ortho intramolecular Hbond substituents is 1. The number of aromatic hydroxyl groups is 1. The summed E-state index contributed by atoms with van der Waals surface area (Å²) in [6.07, 6.45) is 0. The Balaban J connectivity index is 1.79. The normalized spacial score (nSPS) is 10.2. The van der Waals surface area contributed by atoms with Crippen LogP contribution in [0.3, 0.4) is 0 Å². The zero-order valence-corrected chi connectivity index (χ0v) is 13.2. The van der Waals surface area contributed by atoms with E-state index in [9.17, 15) is 14.7 Å². The van der Waals surface area contributed by atoms with Crippen LogP contribution in [0.15, 0.2) is 42.5 Å². The summed E-state index contributed by atoms with van der Waals surface area (Å²) in [6, 6.07) is 11.6. The molecule has 0 aliphatic carbocycles. The van der Waals surface area contributed by atoms with Crippen molar-refractivity contribution < 1.29 is 14.7 Å². The van der Waals surface area contributed by atoms with Crippen LogP contribution >= 0.6 is 0 Å². The van der Waals surface area contributed by atoms with Gasteiger partial charge in [0, 0.05) is 24.2 Å². The second kappa shape index (κ2) is 7.45. The molecule has 0 saturated carbocycles. The van der Waals surface area contributed by atoms with E-state index in [1.54, 1.807) is 18.2 Å². The van der Waals surface area contributed by atoms with Crippen LogP contribution in [0.25, 0.3) is 0 Å². The average molecular weight is 312 g/mol. The zero-order valence-electron chi connectivity index (χ0n) is 13.2. The molecule has 0 aliphatic heterocycles. The highest BCUT2D eigenvalue weighted by Crippen LogP contribution is 2.11. The van der Waals surface area contributed by atoms with Crippen molar-refractivity contribution in [2.75, 3.05) is 13.1 Å². The Morgan fingerprint density at radius 3 is 2.04 bits per heavy atom. The van der Waals surface area contributed by atoms with Gasteiger partial charge in [0.15, 0.2) is 0 Å². The number of phenols is 1. The molecular formula is C18H20N2O3. The molecule has 0 atom stereocenters. The maximum atomic E-state index is 12.0. The second-order valence-electron chi connectivity index (χ2n) is 5.36. The van der Waals surface area contributed by atoms with Crippen LogP contribution in [0.4, 0.5) is 0 Å². The number of hydrogen-bond donors (Lipinski definition) is 3. The molecule has 2 aromatic carbocycles. The molecule has 0 radical (unpaired) electrons. The average Bonchev–Trinajstić information content (AvgIpc) is 2.53. The molecule has 0 aliphatic rings. The first-order chi connectivity index (χ1) is 11.0. The molecule has 23 heavy (non-hydrogen) atoms. The lowest BCUT2D eigenvalue weighted by molar-refractivity contribution is 0.0927. The van der Waals surface area contributed by atoms with Crippen LogP contribution < -0.4 is 10.6 Å². The van der Waals surface area contributed by atoms with E-state index in [2.05, 4.69) is 10.6 Å². The molecule has 0 bridgehead atoms. The van der Waals surface area contributed by atoms with E-state index in [0.29, 0.717) is 24.2 Å². The van der Waals surface area contributed by atoms with Gasteiger partial charge in [-0.2, -0.15) is 0 Å². The van der Waals surface area contributed by atoms with E-state index in [1.807, 2.05) is 26.0 Å². The third-order valence-electron chi connectivity index (χ3n) is 3.57. The van der Waals surface area contributed by atoms with E-state index in [0.717, 1.165) is 11.1 Å². The number of aryl methyl sites for hydroxylation is 2. The molecular weight excluding hydrogens is 292 g/mol. The van der Waals surface area contributed by atoms with Gasteiger partial charge in [-0.1, -0.05) is 12.1 Å². The SMILES string of the molecule is Cc1ccc(C(=O)NCCNC(=O)c2cccc(O)c2)cc1C. The van der Waals surface area contributed by atoms with Crippen LogP contribution in [-0.4, -0.2) is 30.0 Å². The van der Waals surface area contributed by atoms with Crippen molar-refractivity contribution in [1.29, 1.82) is 0 Å². The minimum Gasteiger partial charge on any atom is -0.508 e. The fraction of sp³-hybridized carbons (Fsp3) is 0.222. The number of amides is 2. The van der Waals surface area contributed by atoms with E-state index >= 15 is 0 Å². The molecule has 120 valence electrons. The topological polar surface area (TPSA) is 78.4 Å². The number of rotatable bonds is 5. The Labute approximate surface area is 135 Å². The largest absolute Gasteiger partial charge is 0.508 e. The number of carbonyl (C=O) groups excluding carboxylic acids is 2. The molecule has 0 unspecified atom stereocenters. The van der Waals surface area contributed by atoms with Gasteiger partial charge in [-0.05, 0) is 55.3 Å². The summed E-state index contributed by atoms with van der Waals surface area (Å²) in [5.74, 6) is -0.415. The van der Waals surface area contributed by atoms with Gasteiger partial charge in [-0.25, -0.2) is 0 Å². The standard InChI is InChI=1S/C18H20N2O3/c1-12-6-7-15(10-13(12)2)18(23)20-9-8-19-17(22)14-4-3-5-16(21)11-14/h3-7,10-11,21H,8-9H2,1-2H3,(H,19,22)(H,20,23). The molecule has 3 N–H and O–H groups in total. The fourth-order valence-electron chi connectivity index (χ4n) is 2.09. The van der Waals surface area contributed by atoms with Crippen LogP contribution in [0, 0.1) is 13.8 Å². The van der Waals surface area contributed by atoms with Gasteiger partial charge in [-0.3, -0.25) is 9.59 Å². The van der Waals surface area contributed by atoms with Crippen molar-refractivity contribution in [2.45, 2.75) is 13.8 Å². The number of benzene rings is 2. The molecule has 5 heteroatoms. The lowest BCUT2D eigenvalue weighted by atomic mass is 10.1. The molecule has 0 spiro atoms. The van der Waals surface area contributed by atoms with Crippen LogP contribution in [-0.2, 0) is 0 Å². The minimum absolute atomic E-state index is 0.0423. The van der Waals surface area contributed by atoms with E-state index in [-0.39, 0.29) is 17.6 Å². The van der Waals surface area contributed by atoms with Crippen molar-refractivity contribution in [3.05, 3.63) is 64.7 Å². The number of hydrogen-bond acceptors (Lipinski definition) is 3. The Morgan fingerprint density at radius 2 is 1.48 bits per heavy atom. The molecule has 0 saturated heterocycles. The van der Waals surface area contributed by atoms with E-state index < -0.39 is 0 Å². The molecule has 5 nitrogen and oxygen atoms in total. The Morgan fingerprint density at radius 1 is 0.870 bits per heavy atom. The first-order valence-electron chi connectivity index (χ1n) is 7.40. The van der Waals surface area contributed by atoms with Gasteiger partial charge in [0.05, 0.1) is 0 Å². The smallest absolute Gasteiger partial charge is 0.251 e. The summed E-state index contributed by atoms with van der Waals surface area (Å²) in [6.45, 7) is 4.59. The highest BCUT2D eigenvalue weighted by molar-refractivity contribution is 5.95. The van der Waals surface area contributed by atoms with Crippen LogP contribution in [0.5, 0.6) is 5.75 Å². The second-order valence-corrected chi connectivity index (χ2v) is 5.36. The molecule has 0 fully saturated rings. The molecule has 2 aromatic rings. The maximum absolute atomic E-state index is 12.0. The highest BCUT2D eigenvalue weighted by atomic mass is 16.3. The Hall–Kier alpha value is -2.82. The lowest BCUT2D eigenvalue weighted by Gasteiger charge is -2.08. The monoisotopic (exact) mass is 312 g/mol. The van der Waals surface area contributed by atoms with Crippen LogP contribution in [0.1, 0.15) is 31.8 Å². The van der Waals surface area contributed by atoms with Crippen molar-refractivity contribution >= 4 is 11.8 Å². The van der Waals surface area contributed by atoms with E-state index in [4.69, 9.17) is 0 Å². The maximum Gasteiger partial charge on any atom is 0.251 e. The van der Waals surface area contributed by atoms with Gasteiger partial charge in [0.2, 0.25) is 0 Å². The third-order valence-corrected chi connectivity index (χ3v) is 3.57. The Kier molecular flexibility index (Phi) is 5.36. The molecule has 0 heterocycles. The molecule has 2 amide bonds. The van der Waals surface area contributed by atoms with Gasteiger partial charge >= 0.3 is 0 Å². The van der Waals surface area contributed by atoms with Gasteiger partial charge < -0.3 is 15.7 Å². The fourth-order valence-corrected chi connectivity index (χ4v) is 2.09. The summed E-state index contributed by atoms with van der Waals surface area (Å²) in [7, 11) is 0. The summed E-state index contributed by atoms with van der Waals surface area (Å²) in [5, 5.41) is 14.8. The Bertz CT molecular complexity index is 726. The molecule has 0 aromatic heterocycles. The van der Waals surface area contributed by atoms with Crippen LogP contribution in [0.2, 0.25) is 0 Å². The first-order valence-corrected chi connectivity index (χ1v) is 7.40. The summed E-state index contributed by atoms with van der Waals surface area (Å²) < 4.78 is 0. The van der Waals surface area contributed by atoms with Crippen molar-refractivity contribution in [1.82, 2.24) is 10.6 Å². The van der Waals surface area contributed by atoms with Gasteiger partial charge in [-0.15, -0.1) is 0 Å². The summed E-state index contributed by atoms with van der Waals surface area (Å²) >= 11 is 0. The molecule has 2 rings (SSSR count). The predicted octanol–water partition coefficient (Wildman–Crippen LogP) is 2.17. The highest BCUT2D eigenvalue weighted by Gasteiger charge is 2.08. The number of carbonyl (C=O) groups is 2. The summed E-state index contributed by atoms with van der Waals surface area (Å²) in [4.78, 5) is 23.9. The van der Waals surface area contributed by atoms with Gasteiger partial charge in [0.1, 0.15) is 5.75 Å².